The molecule has 3 aromatic rings. The zero-order chi connectivity index (χ0) is 24.2. The molecule has 0 atom stereocenters. The molecule has 34 heavy (non-hydrogen) atoms. The zero-order valence-electron chi connectivity index (χ0n) is 19.5. The molecular weight excluding hydrogens is 426 g/mol. The molecule has 3 amide bonds. The zero-order valence-corrected chi connectivity index (χ0v) is 19.5. The van der Waals surface area contributed by atoms with Gasteiger partial charge in [0.15, 0.2) is 0 Å². The van der Waals surface area contributed by atoms with Crippen molar-refractivity contribution in [3.8, 4) is 0 Å². The van der Waals surface area contributed by atoms with E-state index < -0.39 is 0 Å². The minimum absolute atomic E-state index is 0.177. The first-order chi connectivity index (χ1) is 16.3. The second-order valence-corrected chi connectivity index (χ2v) is 8.51. The van der Waals surface area contributed by atoms with Crippen molar-refractivity contribution in [2.24, 2.45) is 0 Å². The van der Waals surface area contributed by atoms with Crippen molar-refractivity contribution in [1.29, 1.82) is 0 Å². The molecule has 0 radical (unpaired) electrons. The Kier molecular flexibility index (Phi) is 6.59. The van der Waals surface area contributed by atoms with Crippen molar-refractivity contribution in [2.75, 3.05) is 17.2 Å². The van der Waals surface area contributed by atoms with Crippen molar-refractivity contribution in [1.82, 2.24) is 4.90 Å². The van der Waals surface area contributed by atoms with Crippen LogP contribution in [0.3, 0.4) is 0 Å². The summed E-state index contributed by atoms with van der Waals surface area (Å²) in [5.41, 5.74) is 5.75. The van der Waals surface area contributed by atoms with Crippen LogP contribution in [0.25, 0.3) is 5.57 Å². The van der Waals surface area contributed by atoms with E-state index in [2.05, 4.69) is 16.7 Å². The summed E-state index contributed by atoms with van der Waals surface area (Å²) >= 11 is 0. The highest BCUT2D eigenvalue weighted by Crippen LogP contribution is 2.31. The highest BCUT2D eigenvalue weighted by Gasteiger charge is 2.39. The Bertz CT molecular complexity index is 1260. The van der Waals surface area contributed by atoms with E-state index in [1.807, 2.05) is 56.3 Å². The second kappa shape index (κ2) is 9.75. The number of benzene rings is 3. The molecule has 6 nitrogen and oxygen atoms in total. The van der Waals surface area contributed by atoms with Crippen LogP contribution in [0.2, 0.25) is 0 Å². The summed E-state index contributed by atoms with van der Waals surface area (Å²) < 4.78 is 0. The molecule has 0 bridgehead atoms. The number of aryl methyl sites for hydroxylation is 2. The van der Waals surface area contributed by atoms with Gasteiger partial charge in [0, 0.05) is 24.8 Å². The molecule has 1 aliphatic rings. The molecule has 1 heterocycles. The van der Waals surface area contributed by atoms with E-state index in [-0.39, 0.29) is 30.0 Å². The smallest absolute Gasteiger partial charge is 0.278 e. The number of amides is 3. The van der Waals surface area contributed by atoms with E-state index in [1.54, 1.807) is 24.3 Å². The molecule has 6 heteroatoms. The lowest BCUT2D eigenvalue weighted by molar-refractivity contribution is -0.136. The first-order valence-electron chi connectivity index (χ1n) is 11.2. The van der Waals surface area contributed by atoms with E-state index in [1.165, 1.54) is 11.8 Å². The third-order valence-electron chi connectivity index (χ3n) is 5.62. The number of hydrogen-bond acceptors (Lipinski definition) is 4. The fourth-order valence-corrected chi connectivity index (χ4v) is 4.16. The molecule has 3 aromatic carbocycles. The van der Waals surface area contributed by atoms with Gasteiger partial charge in [0.05, 0.1) is 5.57 Å². The summed E-state index contributed by atoms with van der Waals surface area (Å²) in [4.78, 5) is 39.6. The molecular formula is C28H27N3O3. The van der Waals surface area contributed by atoms with Crippen molar-refractivity contribution >= 4 is 34.7 Å². The molecule has 0 saturated heterocycles. The average Bonchev–Trinajstić information content (AvgIpc) is 3.01. The van der Waals surface area contributed by atoms with Gasteiger partial charge in [-0.2, -0.15) is 0 Å². The summed E-state index contributed by atoms with van der Waals surface area (Å²) in [7, 11) is 0. The van der Waals surface area contributed by atoms with E-state index in [0.29, 0.717) is 23.2 Å². The predicted molar refractivity (Wildman–Crippen MR) is 134 cm³/mol. The van der Waals surface area contributed by atoms with Gasteiger partial charge >= 0.3 is 0 Å². The Balaban J connectivity index is 1.68. The minimum Gasteiger partial charge on any atom is -0.350 e. The minimum atomic E-state index is -0.346. The number of anilines is 2. The lowest BCUT2D eigenvalue weighted by atomic mass is 10.0. The van der Waals surface area contributed by atoms with Gasteiger partial charge in [0.25, 0.3) is 11.8 Å². The Morgan fingerprint density at radius 3 is 2.09 bits per heavy atom. The van der Waals surface area contributed by atoms with Gasteiger partial charge in [-0.15, -0.1) is 0 Å². The number of rotatable bonds is 7. The van der Waals surface area contributed by atoms with Crippen LogP contribution in [0.15, 0.2) is 78.5 Å². The van der Waals surface area contributed by atoms with Gasteiger partial charge in [-0.1, -0.05) is 48.5 Å². The number of carbonyl (C=O) groups excluding carboxylic acids is 3. The highest BCUT2D eigenvalue weighted by atomic mass is 16.2. The fraction of sp³-hybridized carbons (Fsp3) is 0.179. The first-order valence-corrected chi connectivity index (χ1v) is 11.2. The normalized spacial score (nSPS) is 13.4. The topological polar surface area (TPSA) is 78.5 Å². The Morgan fingerprint density at radius 2 is 1.47 bits per heavy atom. The van der Waals surface area contributed by atoms with Crippen molar-refractivity contribution in [3.63, 3.8) is 0 Å². The largest absolute Gasteiger partial charge is 0.350 e. The van der Waals surface area contributed by atoms with Crippen LogP contribution in [-0.4, -0.2) is 29.2 Å². The van der Waals surface area contributed by atoms with Crippen LogP contribution in [0.5, 0.6) is 0 Å². The molecule has 0 aromatic heterocycles. The van der Waals surface area contributed by atoms with Crippen LogP contribution < -0.4 is 10.6 Å². The van der Waals surface area contributed by atoms with Crippen LogP contribution in [0, 0.1) is 13.8 Å². The monoisotopic (exact) mass is 453 g/mol. The molecule has 0 unspecified atom stereocenters. The second-order valence-electron chi connectivity index (χ2n) is 8.51. The predicted octanol–water partition coefficient (Wildman–Crippen LogP) is 4.70. The third kappa shape index (κ3) is 5.07. The Labute approximate surface area is 199 Å². The molecule has 0 saturated carbocycles. The maximum absolute atomic E-state index is 13.5. The van der Waals surface area contributed by atoms with Gasteiger partial charge in [0.2, 0.25) is 5.91 Å². The maximum Gasteiger partial charge on any atom is 0.278 e. The fourth-order valence-electron chi connectivity index (χ4n) is 4.16. The van der Waals surface area contributed by atoms with E-state index in [0.717, 1.165) is 22.4 Å². The highest BCUT2D eigenvalue weighted by molar-refractivity contribution is 6.36. The number of nitrogens with zero attached hydrogens (tertiary/aromatic N) is 1. The third-order valence-corrected chi connectivity index (χ3v) is 5.62. The quantitative estimate of drug-likeness (QED) is 0.509. The van der Waals surface area contributed by atoms with E-state index >= 15 is 0 Å². The van der Waals surface area contributed by atoms with Gasteiger partial charge in [0.1, 0.15) is 5.70 Å². The van der Waals surface area contributed by atoms with Gasteiger partial charge in [-0.25, -0.2) is 0 Å². The number of imide groups is 1. The molecule has 1 aliphatic heterocycles. The van der Waals surface area contributed by atoms with Gasteiger partial charge in [-0.05, 0) is 66.8 Å². The van der Waals surface area contributed by atoms with Gasteiger partial charge < -0.3 is 10.6 Å². The average molecular weight is 454 g/mol. The van der Waals surface area contributed by atoms with Crippen molar-refractivity contribution in [3.05, 3.63) is 101 Å². The summed E-state index contributed by atoms with van der Waals surface area (Å²) in [6, 6.07) is 22.7. The molecule has 0 spiro atoms. The molecule has 2 N–H and O–H groups in total. The van der Waals surface area contributed by atoms with Crippen LogP contribution >= 0.6 is 0 Å². The van der Waals surface area contributed by atoms with Crippen LogP contribution in [-0.2, 0) is 20.8 Å². The first kappa shape index (κ1) is 23.0. The van der Waals surface area contributed by atoms with Crippen LogP contribution in [0.4, 0.5) is 11.4 Å². The molecule has 0 fully saturated rings. The Morgan fingerprint density at radius 1 is 0.824 bits per heavy atom. The lowest BCUT2D eigenvalue weighted by Crippen LogP contribution is -2.34. The number of hydrogen-bond donors (Lipinski definition) is 2. The molecule has 4 rings (SSSR count). The number of nitrogens with one attached hydrogen (secondary N) is 2. The molecule has 172 valence electrons. The summed E-state index contributed by atoms with van der Waals surface area (Å²) in [5.74, 6) is -0.857. The molecule has 0 aliphatic carbocycles. The van der Waals surface area contributed by atoms with Crippen LogP contribution in [0.1, 0.15) is 29.2 Å². The van der Waals surface area contributed by atoms with Crippen molar-refractivity contribution < 1.29 is 14.4 Å². The van der Waals surface area contributed by atoms with Gasteiger partial charge in [-0.3, -0.25) is 19.3 Å². The summed E-state index contributed by atoms with van der Waals surface area (Å²) in [6.07, 6.45) is 0.573. The van der Waals surface area contributed by atoms with E-state index in [9.17, 15) is 14.4 Å². The maximum atomic E-state index is 13.5. The lowest BCUT2D eigenvalue weighted by Gasteiger charge is -2.15. The SMILES string of the molecule is CC(=O)Nc1ccc(C2=C(Nc3cc(C)cc(C)c3)C(=O)N(CCc3ccccc3)C2=O)cc1. The summed E-state index contributed by atoms with van der Waals surface area (Å²) in [6.45, 7) is 5.70. The standard InChI is InChI=1S/C28H27N3O3/c1-18-15-19(2)17-24(16-18)30-26-25(22-9-11-23(12-10-22)29-20(3)32)27(33)31(28(26)34)14-13-21-7-5-4-6-8-21/h4-12,15-17,30H,13-14H2,1-3H3,(H,29,32). The van der Waals surface area contributed by atoms with E-state index in [4.69, 9.17) is 0 Å². The Hall–Kier alpha value is -4.19. The number of carbonyl (C=O) groups is 3. The summed E-state index contributed by atoms with van der Waals surface area (Å²) in [5, 5.41) is 5.94. The van der Waals surface area contributed by atoms with Crippen molar-refractivity contribution in [2.45, 2.75) is 27.2 Å².